The zero-order chi connectivity index (χ0) is 15.8. The SMILES string of the molecule is O=C(I(C(=O)C(F)(F)F)C(=O)C(F)(F)F)C(F)(F)F. The molecule has 0 aliphatic rings. The molecule has 0 aliphatic heterocycles. The quantitative estimate of drug-likeness (QED) is 0.403. The van der Waals surface area contributed by atoms with Crippen LogP contribution in [0.15, 0.2) is 0 Å². The predicted octanol–water partition coefficient (Wildman–Crippen LogP) is 2.76. The standard InChI is InChI=1S/C6F9IO3/c7-4(8,9)1(17)16(2(18)5(10,11)12)3(19)6(13,14)15. The van der Waals surface area contributed by atoms with Crippen molar-refractivity contribution in [3.05, 3.63) is 0 Å². The molecule has 0 rings (SSSR count). The molecule has 0 bridgehead atoms. The second kappa shape index (κ2) is 5.24. The Balaban J connectivity index is 5.74. The van der Waals surface area contributed by atoms with E-state index in [0.717, 1.165) is 0 Å². The molecular formula is C6F9IO3. The van der Waals surface area contributed by atoms with Crippen LogP contribution in [-0.2, 0) is 14.4 Å². The molecule has 0 unspecified atom stereocenters. The molecule has 0 aromatic carbocycles. The van der Waals surface area contributed by atoms with Gasteiger partial charge in [0.2, 0.25) is 0 Å². The van der Waals surface area contributed by atoms with Crippen LogP contribution in [0.1, 0.15) is 0 Å². The number of carbonyl (C=O) groups excluding carboxylic acids is 3. The first-order valence-electron chi connectivity index (χ1n) is 3.63. The van der Waals surface area contributed by atoms with E-state index in [2.05, 4.69) is 0 Å². The van der Waals surface area contributed by atoms with E-state index < -0.39 is 49.7 Å². The molecule has 3 nitrogen and oxygen atoms in total. The van der Waals surface area contributed by atoms with Crippen LogP contribution in [0.4, 0.5) is 39.5 Å². The summed E-state index contributed by atoms with van der Waals surface area (Å²) in [5.74, 6) is 0. The van der Waals surface area contributed by atoms with Crippen LogP contribution in [0.2, 0.25) is 0 Å². The molecular weight excluding hydrogens is 418 g/mol. The van der Waals surface area contributed by atoms with Crippen LogP contribution < -0.4 is 0 Å². The van der Waals surface area contributed by atoms with E-state index in [1.807, 2.05) is 0 Å². The number of rotatable bonds is 3. The molecule has 0 aromatic rings. The second-order valence-electron chi connectivity index (χ2n) is 2.60. The normalized spacial score (nSPS) is 14.1. The van der Waals surface area contributed by atoms with E-state index in [-0.39, 0.29) is 0 Å². The summed E-state index contributed by atoms with van der Waals surface area (Å²) in [6, 6.07) is 0. The van der Waals surface area contributed by atoms with Crippen LogP contribution in [0.5, 0.6) is 0 Å². The summed E-state index contributed by atoms with van der Waals surface area (Å²) in [5, 5.41) is 0. The Morgan fingerprint density at radius 1 is 0.526 bits per heavy atom. The van der Waals surface area contributed by atoms with Crippen LogP contribution in [0.3, 0.4) is 0 Å². The van der Waals surface area contributed by atoms with Crippen molar-refractivity contribution < 1.29 is 53.9 Å². The molecule has 0 N–H and O–H groups in total. The van der Waals surface area contributed by atoms with Crippen LogP contribution in [0.25, 0.3) is 0 Å². The molecule has 0 radical (unpaired) electrons. The van der Waals surface area contributed by atoms with Gasteiger partial charge in [0.15, 0.2) is 0 Å². The molecule has 0 heterocycles. The summed E-state index contributed by atoms with van der Waals surface area (Å²) < 4.78 is 95.9. The van der Waals surface area contributed by atoms with Gasteiger partial charge in [-0.25, -0.2) is 0 Å². The van der Waals surface area contributed by atoms with Gasteiger partial charge in [0.05, 0.1) is 0 Å². The van der Waals surface area contributed by atoms with E-state index in [9.17, 15) is 53.9 Å². The first-order valence-corrected chi connectivity index (χ1v) is 6.87. The van der Waals surface area contributed by atoms with Crippen LogP contribution in [0, 0.1) is 0 Å². The van der Waals surface area contributed by atoms with Crippen molar-refractivity contribution >= 4 is 31.2 Å². The monoisotopic (exact) mass is 418 g/mol. The Labute approximate surface area is 104 Å². The maximum absolute atomic E-state index is 11.8. The molecule has 112 valence electrons. The zero-order valence-corrected chi connectivity index (χ0v) is 10.2. The van der Waals surface area contributed by atoms with E-state index in [1.165, 1.54) is 0 Å². The average molecular weight is 418 g/mol. The fourth-order valence-electron chi connectivity index (χ4n) is 0.555. The summed E-state index contributed by atoms with van der Waals surface area (Å²) in [5.41, 5.74) is 0. The van der Waals surface area contributed by atoms with Crippen molar-refractivity contribution in [1.82, 2.24) is 0 Å². The summed E-state index contributed by atoms with van der Waals surface area (Å²) in [7, 11) is 0. The summed E-state index contributed by atoms with van der Waals surface area (Å²) in [4.78, 5) is 31.3. The van der Waals surface area contributed by atoms with Crippen molar-refractivity contribution in [3.8, 4) is 0 Å². The Bertz CT molecular complexity index is 342. The summed E-state index contributed by atoms with van der Waals surface area (Å²) in [6.07, 6.45) is -18.4. The van der Waals surface area contributed by atoms with Gasteiger partial charge in [0.1, 0.15) is 0 Å². The van der Waals surface area contributed by atoms with E-state index in [0.29, 0.717) is 0 Å². The fraction of sp³-hybridized carbons (Fsp3) is 0.500. The molecule has 0 aromatic heterocycles. The summed E-state index contributed by atoms with van der Waals surface area (Å²) >= 11 is -6.39. The molecule has 0 fully saturated rings. The molecule has 0 aliphatic carbocycles. The van der Waals surface area contributed by atoms with Crippen molar-refractivity contribution in [2.45, 2.75) is 18.5 Å². The first-order chi connectivity index (χ1) is 8.10. The molecule has 0 spiro atoms. The molecule has 0 amide bonds. The molecule has 0 atom stereocenters. The van der Waals surface area contributed by atoms with Crippen molar-refractivity contribution in [1.29, 1.82) is 0 Å². The van der Waals surface area contributed by atoms with Gasteiger partial charge in [-0.15, -0.1) is 0 Å². The molecule has 0 saturated carbocycles. The van der Waals surface area contributed by atoms with Gasteiger partial charge in [-0.1, -0.05) is 0 Å². The third kappa shape index (κ3) is 4.61. The number of alkyl halides is 9. The summed E-state index contributed by atoms with van der Waals surface area (Å²) in [6.45, 7) is 0. The van der Waals surface area contributed by atoms with Crippen molar-refractivity contribution in [2.24, 2.45) is 0 Å². The number of hydrogen-bond acceptors (Lipinski definition) is 3. The predicted molar refractivity (Wildman–Crippen MR) is 47.2 cm³/mol. The van der Waals surface area contributed by atoms with Crippen LogP contribution in [-0.4, -0.2) is 29.9 Å². The van der Waals surface area contributed by atoms with E-state index in [4.69, 9.17) is 0 Å². The van der Waals surface area contributed by atoms with Gasteiger partial charge in [-0.05, 0) is 0 Å². The second-order valence-corrected chi connectivity index (χ2v) is 7.16. The molecule has 0 saturated heterocycles. The molecule has 19 heavy (non-hydrogen) atoms. The van der Waals surface area contributed by atoms with Gasteiger partial charge < -0.3 is 0 Å². The van der Waals surface area contributed by atoms with Gasteiger partial charge in [-0.3, -0.25) is 0 Å². The topological polar surface area (TPSA) is 51.2 Å². The Morgan fingerprint density at radius 2 is 0.684 bits per heavy atom. The van der Waals surface area contributed by atoms with Gasteiger partial charge in [0.25, 0.3) is 0 Å². The molecule has 13 heteroatoms. The van der Waals surface area contributed by atoms with Gasteiger partial charge >= 0.3 is 104 Å². The Morgan fingerprint density at radius 3 is 0.789 bits per heavy atom. The van der Waals surface area contributed by atoms with E-state index >= 15 is 0 Å². The fourth-order valence-corrected chi connectivity index (χ4v) is 3.72. The Hall–Kier alpha value is -0.890. The minimum absolute atomic E-state index is 3.57. The Kier molecular flexibility index (Phi) is 4.99. The first kappa shape index (κ1) is 18.1. The zero-order valence-electron chi connectivity index (χ0n) is 8.00. The van der Waals surface area contributed by atoms with Crippen molar-refractivity contribution in [2.75, 3.05) is 0 Å². The number of hydrogen-bond donors (Lipinski definition) is 0. The van der Waals surface area contributed by atoms with E-state index in [1.54, 1.807) is 0 Å². The van der Waals surface area contributed by atoms with Gasteiger partial charge in [-0.2, -0.15) is 0 Å². The number of carbonyl (C=O) groups is 3. The van der Waals surface area contributed by atoms with Crippen LogP contribution >= 0.6 is 19.8 Å². The third-order valence-electron chi connectivity index (χ3n) is 1.18. The van der Waals surface area contributed by atoms with Crippen molar-refractivity contribution in [3.63, 3.8) is 0 Å². The third-order valence-corrected chi connectivity index (χ3v) is 5.96. The number of halogens is 10. The van der Waals surface area contributed by atoms with Gasteiger partial charge in [0, 0.05) is 0 Å². The maximum atomic E-state index is 11.8. The average Bonchev–Trinajstić information content (AvgIpc) is 2.13. The minimum atomic E-state index is -6.39.